The van der Waals surface area contributed by atoms with Crippen molar-refractivity contribution >= 4 is 65.4 Å². The number of hydrogen-bond acceptors (Lipinski definition) is 2. The molecule has 15 rings (SSSR count). The zero-order valence-electron chi connectivity index (χ0n) is 37.6. The summed E-state index contributed by atoms with van der Waals surface area (Å²) in [5, 5.41) is 9.35. The summed E-state index contributed by atoms with van der Waals surface area (Å²) in [6.07, 6.45) is 0. The van der Waals surface area contributed by atoms with Gasteiger partial charge in [0.25, 0.3) is 0 Å². The zero-order valence-corrected chi connectivity index (χ0v) is 37.6. The molecule has 0 radical (unpaired) electrons. The predicted molar refractivity (Wildman–Crippen MR) is 282 cm³/mol. The van der Waals surface area contributed by atoms with Crippen molar-refractivity contribution in [2.45, 2.75) is 24.7 Å². The first-order valence-corrected chi connectivity index (χ1v) is 23.8. The van der Waals surface area contributed by atoms with Gasteiger partial charge in [-0.05, 0) is 113 Å². The van der Waals surface area contributed by atoms with Crippen molar-refractivity contribution in [2.75, 3.05) is 0 Å². The maximum absolute atomic E-state index is 7.20. The highest BCUT2D eigenvalue weighted by Gasteiger charge is 2.47. The van der Waals surface area contributed by atoms with E-state index in [0.717, 1.165) is 49.6 Å². The van der Waals surface area contributed by atoms with Crippen LogP contribution in [0, 0.1) is 0 Å². The summed E-state index contributed by atoms with van der Waals surface area (Å²) in [5.74, 6) is 0. The second-order valence-corrected chi connectivity index (χ2v) is 19.4. The SMILES string of the molecule is CC1(C)c2ccccc2-c2c1ccc1oc3cc(-c4c5ccccc5c(-c5cccc6c5oc5ccc7c(c56)-c5ccccc5C7(c5ccccc5)c5ccccc5)c5ccccc45)ccc3c21. The second-order valence-electron chi connectivity index (χ2n) is 19.4. The Hall–Kier alpha value is -8.46. The van der Waals surface area contributed by atoms with Crippen molar-refractivity contribution in [1.82, 2.24) is 0 Å². The van der Waals surface area contributed by atoms with Gasteiger partial charge in [-0.3, -0.25) is 0 Å². The van der Waals surface area contributed by atoms with E-state index in [9.17, 15) is 0 Å². The van der Waals surface area contributed by atoms with E-state index in [1.54, 1.807) is 0 Å². The molecule has 0 spiro atoms. The molecule has 2 nitrogen and oxygen atoms in total. The topological polar surface area (TPSA) is 26.3 Å². The molecule has 2 heterocycles. The first-order valence-electron chi connectivity index (χ1n) is 23.8. The lowest BCUT2D eigenvalue weighted by Crippen LogP contribution is -2.28. The maximum Gasteiger partial charge on any atom is 0.143 e. The molecule has 0 fully saturated rings. The van der Waals surface area contributed by atoms with Crippen molar-refractivity contribution in [3.63, 3.8) is 0 Å². The molecule has 0 saturated carbocycles. The van der Waals surface area contributed by atoms with Crippen LogP contribution >= 0.6 is 0 Å². The lowest BCUT2D eigenvalue weighted by Gasteiger charge is -2.33. The van der Waals surface area contributed by atoms with Crippen LogP contribution in [0.25, 0.3) is 110 Å². The lowest BCUT2D eigenvalue weighted by atomic mass is 9.67. The highest BCUT2D eigenvalue weighted by Crippen LogP contribution is 2.60. The summed E-state index contributed by atoms with van der Waals surface area (Å²) in [6.45, 7) is 4.68. The molecular weight excluding hydrogens is 825 g/mol. The van der Waals surface area contributed by atoms with Crippen molar-refractivity contribution in [1.29, 1.82) is 0 Å². The highest BCUT2D eigenvalue weighted by atomic mass is 16.3. The largest absolute Gasteiger partial charge is 0.456 e. The minimum atomic E-state index is -0.500. The van der Waals surface area contributed by atoms with Crippen LogP contribution in [0.5, 0.6) is 0 Å². The van der Waals surface area contributed by atoms with Crippen LogP contribution in [0.2, 0.25) is 0 Å². The normalized spacial score (nSPS) is 14.3. The summed E-state index contributed by atoms with van der Waals surface area (Å²) in [4.78, 5) is 0. The van der Waals surface area contributed by atoms with Crippen molar-refractivity contribution in [2.24, 2.45) is 0 Å². The van der Waals surface area contributed by atoms with E-state index in [1.807, 2.05) is 0 Å². The van der Waals surface area contributed by atoms with Gasteiger partial charge in [0.1, 0.15) is 22.3 Å². The molecule has 0 unspecified atom stereocenters. The van der Waals surface area contributed by atoms with Gasteiger partial charge in [-0.25, -0.2) is 0 Å². The van der Waals surface area contributed by atoms with Gasteiger partial charge in [0.15, 0.2) is 0 Å². The van der Waals surface area contributed by atoms with E-state index < -0.39 is 5.41 Å². The number of para-hydroxylation sites is 1. The van der Waals surface area contributed by atoms with E-state index in [2.05, 4.69) is 232 Å². The zero-order chi connectivity index (χ0) is 44.9. The molecule has 0 atom stereocenters. The molecule has 0 saturated heterocycles. The van der Waals surface area contributed by atoms with Gasteiger partial charge in [0.2, 0.25) is 0 Å². The minimum absolute atomic E-state index is 0.0853. The van der Waals surface area contributed by atoms with E-state index in [1.165, 1.54) is 93.7 Å². The Morgan fingerprint density at radius 2 is 0.809 bits per heavy atom. The Balaban J connectivity index is 0.967. The number of fused-ring (bicyclic) bond motifs is 16. The molecule has 2 aromatic heterocycles. The Bertz CT molecular complexity index is 4180. The maximum atomic E-state index is 7.20. The third-order valence-corrected chi connectivity index (χ3v) is 15.8. The second kappa shape index (κ2) is 13.6. The van der Waals surface area contributed by atoms with Crippen molar-refractivity contribution in [3.05, 3.63) is 252 Å². The first kappa shape index (κ1) is 37.7. The number of benzene rings is 11. The molecule has 68 heavy (non-hydrogen) atoms. The van der Waals surface area contributed by atoms with Crippen LogP contribution in [0.15, 0.2) is 227 Å². The fraction of sp³-hybridized carbons (Fsp3) is 0.0606. The standard InChI is InChI=1S/C66H42O2/c1-65(2)51-30-15-13-26-46(51)60-53(65)34-36-55-62(60)48-33-32-39(38-57(48)67-55)58-42-22-9-11-24-44(42)59(45-25-12-10-23-43(45)58)49-28-17-29-50-63-56(68-64(49)50)37-35-54-61(63)47-27-14-16-31-52(47)66(54,40-18-5-3-6-19-40)41-20-7-4-8-21-41/h3-38H,1-2H3. The fourth-order valence-electron chi connectivity index (χ4n) is 13.0. The van der Waals surface area contributed by atoms with Crippen LogP contribution in [-0.4, -0.2) is 0 Å². The van der Waals surface area contributed by atoms with Gasteiger partial charge in [0, 0.05) is 38.1 Å². The lowest BCUT2D eigenvalue weighted by molar-refractivity contribution is 0.656. The molecule has 2 heteroatoms. The third kappa shape index (κ3) is 4.76. The van der Waals surface area contributed by atoms with Crippen LogP contribution in [0.4, 0.5) is 0 Å². The molecule has 2 aliphatic carbocycles. The van der Waals surface area contributed by atoms with Gasteiger partial charge >= 0.3 is 0 Å². The van der Waals surface area contributed by atoms with E-state index >= 15 is 0 Å². The van der Waals surface area contributed by atoms with Crippen LogP contribution in [0.3, 0.4) is 0 Å². The van der Waals surface area contributed by atoms with Gasteiger partial charge in [-0.2, -0.15) is 0 Å². The van der Waals surface area contributed by atoms with Gasteiger partial charge in [-0.1, -0.05) is 208 Å². The monoisotopic (exact) mass is 866 g/mol. The van der Waals surface area contributed by atoms with Crippen molar-refractivity contribution in [3.8, 4) is 44.5 Å². The first-order chi connectivity index (χ1) is 33.5. The summed E-state index contributed by atoms with van der Waals surface area (Å²) in [5.41, 5.74) is 20.5. The fourth-order valence-corrected chi connectivity index (χ4v) is 13.0. The molecule has 11 aromatic carbocycles. The minimum Gasteiger partial charge on any atom is -0.456 e. The van der Waals surface area contributed by atoms with Crippen LogP contribution in [0.1, 0.15) is 47.2 Å². The van der Waals surface area contributed by atoms with Gasteiger partial charge in [0.05, 0.1) is 5.41 Å². The molecule has 2 aliphatic rings. The number of furan rings is 2. The van der Waals surface area contributed by atoms with Crippen molar-refractivity contribution < 1.29 is 8.83 Å². The van der Waals surface area contributed by atoms with E-state index in [0.29, 0.717) is 0 Å². The highest BCUT2D eigenvalue weighted by molar-refractivity contribution is 6.26. The predicted octanol–water partition coefficient (Wildman–Crippen LogP) is 17.8. The van der Waals surface area contributed by atoms with Crippen LogP contribution in [-0.2, 0) is 10.8 Å². The Morgan fingerprint density at radius 3 is 1.49 bits per heavy atom. The Kier molecular flexibility index (Phi) is 7.53. The van der Waals surface area contributed by atoms with E-state index in [-0.39, 0.29) is 5.41 Å². The molecule has 318 valence electrons. The smallest absolute Gasteiger partial charge is 0.143 e. The molecule has 0 aliphatic heterocycles. The van der Waals surface area contributed by atoms with Crippen LogP contribution < -0.4 is 0 Å². The molecule has 0 N–H and O–H groups in total. The average molecular weight is 867 g/mol. The number of hydrogen-bond donors (Lipinski definition) is 0. The van der Waals surface area contributed by atoms with E-state index in [4.69, 9.17) is 8.83 Å². The summed E-state index contributed by atoms with van der Waals surface area (Å²) in [7, 11) is 0. The molecule has 0 bridgehead atoms. The van der Waals surface area contributed by atoms with Gasteiger partial charge in [-0.15, -0.1) is 0 Å². The molecular formula is C66H42O2. The quantitative estimate of drug-likeness (QED) is 0.165. The summed E-state index contributed by atoms with van der Waals surface area (Å²) >= 11 is 0. The summed E-state index contributed by atoms with van der Waals surface area (Å²) < 4.78 is 14.0. The Morgan fingerprint density at radius 1 is 0.309 bits per heavy atom. The number of rotatable bonds is 4. The molecule has 0 amide bonds. The average Bonchev–Trinajstić information content (AvgIpc) is 4.11. The molecule has 13 aromatic rings. The third-order valence-electron chi connectivity index (χ3n) is 15.8. The van der Waals surface area contributed by atoms with Gasteiger partial charge < -0.3 is 8.83 Å². The Labute approximate surface area is 393 Å². The summed E-state index contributed by atoms with van der Waals surface area (Å²) in [6, 6.07) is 80.3.